The van der Waals surface area contributed by atoms with E-state index in [-0.39, 0.29) is 10.8 Å². The fourth-order valence-electron chi connectivity index (χ4n) is 4.22. The molecule has 27 heavy (non-hydrogen) atoms. The van der Waals surface area contributed by atoms with Crippen LogP contribution in [-0.2, 0) is 10.8 Å². The van der Waals surface area contributed by atoms with Crippen LogP contribution in [0.15, 0.2) is 54.1 Å². The van der Waals surface area contributed by atoms with Gasteiger partial charge in [0.1, 0.15) is 0 Å². The number of allylic oxidation sites excluding steroid dienone is 3. The van der Waals surface area contributed by atoms with Gasteiger partial charge in [-0.05, 0) is 77.8 Å². The van der Waals surface area contributed by atoms with Crippen molar-refractivity contribution >= 4 is 6.08 Å². The summed E-state index contributed by atoms with van der Waals surface area (Å²) in [5.74, 6) is 0. The van der Waals surface area contributed by atoms with Gasteiger partial charge in [0, 0.05) is 0 Å². The van der Waals surface area contributed by atoms with Gasteiger partial charge >= 0.3 is 0 Å². The first-order valence-corrected chi connectivity index (χ1v) is 10.2. The van der Waals surface area contributed by atoms with Gasteiger partial charge in [0.15, 0.2) is 0 Å². The average molecular weight is 359 g/mol. The fourth-order valence-corrected chi connectivity index (χ4v) is 4.22. The first kappa shape index (κ1) is 19.7. The highest BCUT2D eigenvalue weighted by Gasteiger charge is 2.37. The molecular weight excluding hydrogens is 324 g/mol. The maximum Gasteiger partial charge on any atom is -0.0100 e. The van der Waals surface area contributed by atoms with E-state index in [1.54, 1.807) is 0 Å². The normalized spacial score (nSPS) is 18.6. The van der Waals surface area contributed by atoms with Crippen molar-refractivity contribution in [2.24, 2.45) is 0 Å². The summed E-state index contributed by atoms with van der Waals surface area (Å²) in [6.45, 7) is 16.1. The third-order valence-electron chi connectivity index (χ3n) is 6.43. The van der Waals surface area contributed by atoms with E-state index in [0.717, 1.165) is 0 Å². The maximum atomic E-state index is 2.49. The Morgan fingerprint density at radius 2 is 1.48 bits per heavy atom. The summed E-state index contributed by atoms with van der Waals surface area (Å²) < 4.78 is 0. The Morgan fingerprint density at radius 1 is 0.889 bits per heavy atom. The van der Waals surface area contributed by atoms with Crippen molar-refractivity contribution in [2.75, 3.05) is 0 Å². The standard InChI is InChI=1S/C27H34/c1-8-19(2)13-14-21-11-9-10-12-22(21)23-18-25-24(17-20(23)3)26(4,5)15-16-27(25,6)7/h8-14,17-18H,15-16H2,1-7H3/b14-13+,19-8+. The summed E-state index contributed by atoms with van der Waals surface area (Å²) in [5, 5.41) is 0. The Balaban J connectivity index is 2.19. The molecule has 0 heteroatoms. The summed E-state index contributed by atoms with van der Waals surface area (Å²) >= 11 is 0. The van der Waals surface area contributed by atoms with E-state index in [0.29, 0.717) is 0 Å². The minimum Gasteiger partial charge on any atom is -0.0847 e. The summed E-state index contributed by atoms with van der Waals surface area (Å²) in [6.07, 6.45) is 9.11. The van der Waals surface area contributed by atoms with Gasteiger partial charge in [-0.1, -0.05) is 87.9 Å². The molecule has 1 aliphatic carbocycles. The lowest BCUT2D eigenvalue weighted by Gasteiger charge is -2.42. The summed E-state index contributed by atoms with van der Waals surface area (Å²) in [4.78, 5) is 0. The topological polar surface area (TPSA) is 0 Å². The zero-order valence-corrected chi connectivity index (χ0v) is 18.1. The summed E-state index contributed by atoms with van der Waals surface area (Å²) in [7, 11) is 0. The highest BCUT2D eigenvalue weighted by Crippen LogP contribution is 2.47. The van der Waals surface area contributed by atoms with Crippen LogP contribution in [0.5, 0.6) is 0 Å². The van der Waals surface area contributed by atoms with Crippen molar-refractivity contribution in [3.63, 3.8) is 0 Å². The third kappa shape index (κ3) is 3.81. The lowest BCUT2D eigenvalue weighted by Crippen LogP contribution is -2.34. The maximum absolute atomic E-state index is 2.49. The second-order valence-corrected chi connectivity index (χ2v) is 9.43. The van der Waals surface area contributed by atoms with Gasteiger partial charge in [-0.15, -0.1) is 0 Å². The van der Waals surface area contributed by atoms with Gasteiger partial charge in [0.05, 0.1) is 0 Å². The molecule has 0 saturated heterocycles. The van der Waals surface area contributed by atoms with Gasteiger partial charge in [-0.25, -0.2) is 0 Å². The molecule has 1 aliphatic rings. The Morgan fingerprint density at radius 3 is 2.11 bits per heavy atom. The van der Waals surface area contributed by atoms with E-state index in [9.17, 15) is 0 Å². The molecule has 0 aliphatic heterocycles. The van der Waals surface area contributed by atoms with E-state index in [4.69, 9.17) is 0 Å². The highest BCUT2D eigenvalue weighted by atomic mass is 14.4. The monoisotopic (exact) mass is 358 g/mol. The van der Waals surface area contributed by atoms with Gasteiger partial charge in [-0.2, -0.15) is 0 Å². The molecule has 0 radical (unpaired) electrons. The van der Waals surface area contributed by atoms with Crippen LogP contribution in [-0.4, -0.2) is 0 Å². The Kier molecular flexibility index (Phi) is 5.21. The van der Waals surface area contributed by atoms with Crippen molar-refractivity contribution in [1.82, 2.24) is 0 Å². The van der Waals surface area contributed by atoms with E-state index in [2.05, 4.69) is 103 Å². The van der Waals surface area contributed by atoms with Gasteiger partial charge < -0.3 is 0 Å². The zero-order valence-electron chi connectivity index (χ0n) is 18.1. The minimum absolute atomic E-state index is 0.236. The second-order valence-electron chi connectivity index (χ2n) is 9.43. The Bertz CT molecular complexity index is 904. The van der Waals surface area contributed by atoms with Crippen LogP contribution >= 0.6 is 0 Å². The van der Waals surface area contributed by atoms with Crippen molar-refractivity contribution in [1.29, 1.82) is 0 Å². The van der Waals surface area contributed by atoms with Crippen molar-refractivity contribution in [3.05, 3.63) is 76.4 Å². The number of rotatable bonds is 3. The van der Waals surface area contributed by atoms with Crippen LogP contribution in [0, 0.1) is 6.92 Å². The van der Waals surface area contributed by atoms with Crippen molar-refractivity contribution in [3.8, 4) is 11.1 Å². The third-order valence-corrected chi connectivity index (χ3v) is 6.43. The SMILES string of the molecule is C/C=C(C)/C=C/c1ccccc1-c1cc2c(cc1C)C(C)(C)CCC2(C)C. The molecule has 0 spiro atoms. The summed E-state index contributed by atoms with van der Waals surface area (Å²) in [6, 6.07) is 13.7. The number of hydrogen-bond acceptors (Lipinski definition) is 0. The average Bonchev–Trinajstić information content (AvgIpc) is 2.63. The molecule has 0 heterocycles. The predicted octanol–water partition coefficient (Wildman–Crippen LogP) is 7.99. The number of aryl methyl sites for hydroxylation is 1. The van der Waals surface area contributed by atoms with E-state index in [1.165, 1.54) is 51.8 Å². The lowest BCUT2D eigenvalue weighted by molar-refractivity contribution is 0.332. The second kappa shape index (κ2) is 7.15. The van der Waals surface area contributed by atoms with Crippen LogP contribution in [0.4, 0.5) is 0 Å². The van der Waals surface area contributed by atoms with Crippen LogP contribution in [0.2, 0.25) is 0 Å². The molecule has 3 rings (SSSR count). The predicted molar refractivity (Wildman–Crippen MR) is 120 cm³/mol. The lowest BCUT2D eigenvalue weighted by atomic mass is 9.62. The smallest absolute Gasteiger partial charge is 0.0100 e. The van der Waals surface area contributed by atoms with Crippen LogP contribution in [0.25, 0.3) is 17.2 Å². The van der Waals surface area contributed by atoms with Crippen LogP contribution in [0.1, 0.15) is 76.6 Å². The largest absolute Gasteiger partial charge is 0.0847 e. The van der Waals surface area contributed by atoms with Crippen LogP contribution in [0.3, 0.4) is 0 Å². The Hall–Kier alpha value is -2.08. The van der Waals surface area contributed by atoms with Gasteiger partial charge in [0.2, 0.25) is 0 Å². The molecule has 0 atom stereocenters. The molecule has 142 valence electrons. The summed E-state index contributed by atoms with van der Waals surface area (Å²) in [5.41, 5.74) is 10.2. The van der Waals surface area contributed by atoms with Crippen LogP contribution < -0.4 is 0 Å². The molecule has 0 amide bonds. The number of fused-ring (bicyclic) bond motifs is 1. The number of benzene rings is 2. The Labute approximate surface area is 166 Å². The molecule has 0 N–H and O–H groups in total. The molecule has 0 aromatic heterocycles. The zero-order chi connectivity index (χ0) is 19.8. The van der Waals surface area contributed by atoms with E-state index < -0.39 is 0 Å². The molecule has 2 aromatic rings. The van der Waals surface area contributed by atoms with Gasteiger partial charge in [0.25, 0.3) is 0 Å². The minimum atomic E-state index is 0.236. The van der Waals surface area contributed by atoms with Gasteiger partial charge in [-0.3, -0.25) is 0 Å². The fraction of sp³-hybridized carbons (Fsp3) is 0.407. The molecule has 0 unspecified atom stereocenters. The molecule has 0 bridgehead atoms. The highest BCUT2D eigenvalue weighted by molar-refractivity contribution is 5.79. The molecule has 0 saturated carbocycles. The molecule has 2 aromatic carbocycles. The first-order chi connectivity index (χ1) is 12.7. The van der Waals surface area contributed by atoms with Crippen molar-refractivity contribution in [2.45, 2.75) is 72.1 Å². The molecule has 0 nitrogen and oxygen atoms in total. The van der Waals surface area contributed by atoms with E-state index in [1.807, 2.05) is 0 Å². The first-order valence-electron chi connectivity index (χ1n) is 10.2. The quantitative estimate of drug-likeness (QED) is 0.488. The number of hydrogen-bond donors (Lipinski definition) is 0. The molecular formula is C27H34. The van der Waals surface area contributed by atoms with E-state index >= 15 is 0 Å². The van der Waals surface area contributed by atoms with Crippen molar-refractivity contribution < 1.29 is 0 Å². The molecule has 0 fully saturated rings.